The molecule has 0 aromatic heterocycles. The molecule has 73 valence electrons. The average molecular weight is 206 g/mol. The lowest BCUT2D eigenvalue weighted by Gasteiger charge is -2.26. The summed E-state index contributed by atoms with van der Waals surface area (Å²) in [6.45, 7) is 1.75. The lowest BCUT2D eigenvalue weighted by molar-refractivity contribution is 0.0772. The molecule has 1 amide bonds. The highest BCUT2D eigenvalue weighted by molar-refractivity contribution is 7.99. The molecule has 0 N–H and O–H groups in total. The quantitative estimate of drug-likeness (QED) is 0.696. The summed E-state index contributed by atoms with van der Waals surface area (Å²) in [5, 5.41) is 0. The largest absolute Gasteiger partial charge is 0.337 e. The second-order valence-electron chi connectivity index (χ2n) is 3.19. The van der Waals surface area contributed by atoms with Crippen molar-refractivity contribution in [2.75, 3.05) is 24.6 Å². The van der Waals surface area contributed by atoms with Crippen molar-refractivity contribution >= 4 is 17.7 Å². The Labute approximate surface area is 88.3 Å². The van der Waals surface area contributed by atoms with Crippen LogP contribution in [0.25, 0.3) is 0 Å². The molecule has 0 atom stereocenters. The molecule has 1 saturated heterocycles. The topological polar surface area (TPSA) is 20.3 Å². The van der Waals surface area contributed by atoms with Gasteiger partial charge in [-0.15, -0.1) is 0 Å². The summed E-state index contributed by atoms with van der Waals surface area (Å²) in [6, 6.07) is 10.1. The molecular weight excluding hydrogens is 194 g/mol. The van der Waals surface area contributed by atoms with E-state index >= 15 is 0 Å². The third-order valence-electron chi connectivity index (χ3n) is 2.26. The van der Waals surface area contributed by atoms with Crippen molar-refractivity contribution in [2.45, 2.75) is 0 Å². The Bertz CT molecular complexity index is 306. The fraction of sp³-hybridized carbons (Fsp3) is 0.364. The van der Waals surface area contributed by atoms with Crippen LogP contribution in [-0.4, -0.2) is 35.4 Å². The van der Waals surface area contributed by atoms with E-state index in [1.165, 1.54) is 0 Å². The van der Waals surface area contributed by atoms with E-state index < -0.39 is 0 Å². The number of rotatable bonds is 1. The number of carbonyl (C=O) groups is 1. The van der Waals surface area contributed by atoms with Gasteiger partial charge in [-0.05, 0) is 18.2 Å². The third-order valence-corrected chi connectivity index (χ3v) is 3.21. The van der Waals surface area contributed by atoms with E-state index in [-0.39, 0.29) is 5.91 Å². The van der Waals surface area contributed by atoms with Crippen LogP contribution in [-0.2, 0) is 0 Å². The Morgan fingerprint density at radius 1 is 1.29 bits per heavy atom. The molecule has 0 unspecified atom stereocenters. The molecule has 2 rings (SSSR count). The Kier molecular flexibility index (Phi) is 3.09. The van der Waals surface area contributed by atoms with Crippen molar-refractivity contribution < 1.29 is 4.79 Å². The molecule has 0 aliphatic carbocycles. The number of amides is 1. The van der Waals surface area contributed by atoms with E-state index in [9.17, 15) is 4.79 Å². The van der Waals surface area contributed by atoms with E-state index in [0.29, 0.717) is 0 Å². The van der Waals surface area contributed by atoms with E-state index in [1.54, 1.807) is 12.1 Å². The summed E-state index contributed by atoms with van der Waals surface area (Å²) < 4.78 is 0. The van der Waals surface area contributed by atoms with Crippen LogP contribution in [0.1, 0.15) is 10.4 Å². The van der Waals surface area contributed by atoms with Crippen LogP contribution in [0.4, 0.5) is 0 Å². The zero-order chi connectivity index (χ0) is 9.80. The van der Waals surface area contributed by atoms with Gasteiger partial charge in [0.25, 0.3) is 5.91 Å². The summed E-state index contributed by atoms with van der Waals surface area (Å²) in [4.78, 5) is 13.8. The molecule has 3 heteroatoms. The number of thioether (sulfide) groups is 1. The van der Waals surface area contributed by atoms with Gasteiger partial charge in [0.05, 0.1) is 0 Å². The maximum absolute atomic E-state index is 11.9. The SMILES string of the molecule is O=C(c1cc[c]cc1)N1CCSCC1. The molecule has 1 heterocycles. The first-order valence-electron chi connectivity index (χ1n) is 4.71. The molecule has 1 aliphatic rings. The first kappa shape index (κ1) is 9.59. The minimum Gasteiger partial charge on any atom is -0.337 e. The zero-order valence-electron chi connectivity index (χ0n) is 7.90. The van der Waals surface area contributed by atoms with Gasteiger partial charge in [-0.2, -0.15) is 11.8 Å². The van der Waals surface area contributed by atoms with Crippen molar-refractivity contribution in [2.24, 2.45) is 0 Å². The van der Waals surface area contributed by atoms with Gasteiger partial charge in [0, 0.05) is 30.2 Å². The first-order chi connectivity index (χ1) is 6.88. The number of carbonyl (C=O) groups excluding carboxylic acids is 1. The minimum absolute atomic E-state index is 0.152. The van der Waals surface area contributed by atoms with Gasteiger partial charge in [-0.3, -0.25) is 4.79 Å². The number of hydrogen-bond donors (Lipinski definition) is 0. The summed E-state index contributed by atoms with van der Waals surface area (Å²) in [5.74, 6) is 2.27. The highest BCUT2D eigenvalue weighted by atomic mass is 32.2. The van der Waals surface area contributed by atoms with Gasteiger partial charge in [0.15, 0.2) is 0 Å². The van der Waals surface area contributed by atoms with Crippen molar-refractivity contribution in [3.63, 3.8) is 0 Å². The van der Waals surface area contributed by atoms with E-state index in [1.807, 2.05) is 28.8 Å². The predicted molar refractivity (Wildman–Crippen MR) is 58.5 cm³/mol. The second-order valence-corrected chi connectivity index (χ2v) is 4.42. The fourth-order valence-corrected chi connectivity index (χ4v) is 2.38. The minimum atomic E-state index is 0.152. The molecule has 1 fully saturated rings. The van der Waals surface area contributed by atoms with Crippen molar-refractivity contribution in [1.82, 2.24) is 4.90 Å². The first-order valence-corrected chi connectivity index (χ1v) is 5.86. The average Bonchev–Trinajstić information content (AvgIpc) is 2.30. The molecule has 0 saturated carbocycles. The van der Waals surface area contributed by atoms with Crippen LogP contribution in [0.2, 0.25) is 0 Å². The Balaban J connectivity index is 2.07. The molecular formula is C11H12NOS. The van der Waals surface area contributed by atoms with E-state index in [2.05, 4.69) is 6.07 Å². The lowest BCUT2D eigenvalue weighted by Crippen LogP contribution is -2.37. The lowest BCUT2D eigenvalue weighted by atomic mass is 10.2. The van der Waals surface area contributed by atoms with Crippen molar-refractivity contribution in [3.8, 4) is 0 Å². The number of hydrogen-bond acceptors (Lipinski definition) is 2. The van der Waals surface area contributed by atoms with Crippen LogP contribution < -0.4 is 0 Å². The van der Waals surface area contributed by atoms with Gasteiger partial charge in [-0.1, -0.05) is 12.1 Å². The Morgan fingerprint density at radius 2 is 1.93 bits per heavy atom. The molecule has 1 aromatic carbocycles. The van der Waals surface area contributed by atoms with Crippen LogP contribution in [0.5, 0.6) is 0 Å². The standard InChI is InChI=1S/C11H12NOS/c13-11(10-4-2-1-3-5-10)12-6-8-14-9-7-12/h2-5H,6-9H2. The van der Waals surface area contributed by atoms with Gasteiger partial charge >= 0.3 is 0 Å². The molecule has 0 bridgehead atoms. The third kappa shape index (κ3) is 2.10. The van der Waals surface area contributed by atoms with Crippen LogP contribution in [0.3, 0.4) is 0 Å². The number of nitrogens with zero attached hydrogens (tertiary/aromatic N) is 1. The van der Waals surface area contributed by atoms with Crippen molar-refractivity contribution in [1.29, 1.82) is 0 Å². The summed E-state index contributed by atoms with van der Waals surface area (Å²) in [5.41, 5.74) is 0.774. The highest BCUT2D eigenvalue weighted by Crippen LogP contribution is 2.12. The van der Waals surface area contributed by atoms with Crippen molar-refractivity contribution in [3.05, 3.63) is 35.9 Å². The van der Waals surface area contributed by atoms with Gasteiger partial charge in [-0.25, -0.2) is 0 Å². The van der Waals surface area contributed by atoms with E-state index in [0.717, 1.165) is 30.2 Å². The highest BCUT2D eigenvalue weighted by Gasteiger charge is 2.17. The molecule has 1 aliphatic heterocycles. The summed E-state index contributed by atoms with van der Waals surface area (Å²) >= 11 is 1.91. The molecule has 0 spiro atoms. The summed E-state index contributed by atoms with van der Waals surface area (Å²) in [7, 11) is 0. The van der Waals surface area contributed by atoms with Crippen LogP contribution >= 0.6 is 11.8 Å². The Morgan fingerprint density at radius 3 is 2.57 bits per heavy atom. The number of benzene rings is 1. The van der Waals surface area contributed by atoms with Gasteiger partial charge in [0.2, 0.25) is 0 Å². The normalized spacial score (nSPS) is 16.7. The second kappa shape index (κ2) is 4.51. The molecule has 1 aromatic rings. The maximum Gasteiger partial charge on any atom is 0.253 e. The van der Waals surface area contributed by atoms with Crippen LogP contribution in [0.15, 0.2) is 24.3 Å². The molecule has 2 nitrogen and oxygen atoms in total. The van der Waals surface area contributed by atoms with Gasteiger partial charge in [0.1, 0.15) is 0 Å². The monoisotopic (exact) mass is 206 g/mol. The molecule has 1 radical (unpaired) electrons. The zero-order valence-corrected chi connectivity index (χ0v) is 8.72. The predicted octanol–water partition coefficient (Wildman–Crippen LogP) is 1.68. The van der Waals surface area contributed by atoms with Crippen LogP contribution in [0, 0.1) is 6.07 Å². The smallest absolute Gasteiger partial charge is 0.253 e. The Hall–Kier alpha value is -0.960. The molecule has 14 heavy (non-hydrogen) atoms. The summed E-state index contributed by atoms with van der Waals surface area (Å²) in [6.07, 6.45) is 0. The van der Waals surface area contributed by atoms with Gasteiger partial charge < -0.3 is 4.90 Å². The maximum atomic E-state index is 11.9. The fourth-order valence-electron chi connectivity index (χ4n) is 1.48. The van der Waals surface area contributed by atoms with E-state index in [4.69, 9.17) is 0 Å².